The fourth-order valence-corrected chi connectivity index (χ4v) is 2.52. The van der Waals surface area contributed by atoms with Crippen LogP contribution in [-0.2, 0) is 11.8 Å². The Kier molecular flexibility index (Phi) is 3.79. The number of hydrogen-bond acceptors (Lipinski definition) is 5. The van der Waals surface area contributed by atoms with E-state index in [1.807, 2.05) is 40.1 Å². The van der Waals surface area contributed by atoms with E-state index in [1.165, 1.54) is 11.7 Å². The Morgan fingerprint density at radius 3 is 2.58 bits per heavy atom. The van der Waals surface area contributed by atoms with Gasteiger partial charge in [-0.2, -0.15) is 5.10 Å². The zero-order chi connectivity index (χ0) is 17.5. The SMILES string of the molecule is COc1ncc(-c2cnn(C)c2)c2ccn(C(=O)OC(C)(C)C)c12. The van der Waals surface area contributed by atoms with Gasteiger partial charge in [0.15, 0.2) is 0 Å². The minimum atomic E-state index is -0.588. The quantitative estimate of drug-likeness (QED) is 0.722. The molecule has 0 atom stereocenters. The Hall–Kier alpha value is -2.83. The number of nitrogens with zero attached hydrogens (tertiary/aromatic N) is 4. The number of carbonyl (C=O) groups excluding carboxylic acids is 1. The lowest BCUT2D eigenvalue weighted by atomic mass is 10.1. The molecular formula is C17H20N4O3. The van der Waals surface area contributed by atoms with Crippen LogP contribution in [0, 0.1) is 0 Å². The summed E-state index contributed by atoms with van der Waals surface area (Å²) >= 11 is 0. The molecule has 0 unspecified atom stereocenters. The van der Waals surface area contributed by atoms with E-state index < -0.39 is 11.7 Å². The lowest BCUT2D eigenvalue weighted by molar-refractivity contribution is 0.0543. The van der Waals surface area contributed by atoms with Crippen molar-refractivity contribution >= 4 is 17.0 Å². The Morgan fingerprint density at radius 2 is 2.00 bits per heavy atom. The molecule has 0 saturated heterocycles. The van der Waals surface area contributed by atoms with Crippen molar-refractivity contribution in [2.75, 3.05) is 7.11 Å². The summed E-state index contributed by atoms with van der Waals surface area (Å²) in [5.41, 5.74) is 1.78. The van der Waals surface area contributed by atoms with Gasteiger partial charge < -0.3 is 9.47 Å². The van der Waals surface area contributed by atoms with E-state index in [9.17, 15) is 4.79 Å². The third-order valence-electron chi connectivity index (χ3n) is 3.49. The van der Waals surface area contributed by atoms with Crippen molar-refractivity contribution in [3.05, 3.63) is 30.9 Å². The molecule has 0 spiro atoms. The molecule has 0 aliphatic carbocycles. The number of pyridine rings is 1. The minimum absolute atomic E-state index is 0.369. The minimum Gasteiger partial charge on any atom is -0.479 e. The zero-order valence-corrected chi connectivity index (χ0v) is 14.4. The second-order valence-electron chi connectivity index (χ2n) is 6.51. The molecule has 126 valence electrons. The van der Waals surface area contributed by atoms with Crippen molar-refractivity contribution in [3.8, 4) is 17.0 Å². The van der Waals surface area contributed by atoms with E-state index in [4.69, 9.17) is 9.47 Å². The fraction of sp³-hybridized carbons (Fsp3) is 0.353. The van der Waals surface area contributed by atoms with Crippen molar-refractivity contribution in [1.29, 1.82) is 0 Å². The molecule has 0 aliphatic rings. The molecule has 0 aliphatic heterocycles. The molecule has 0 radical (unpaired) electrons. The average Bonchev–Trinajstić information content (AvgIpc) is 3.11. The molecule has 0 aromatic carbocycles. The van der Waals surface area contributed by atoms with Gasteiger partial charge in [0, 0.05) is 42.2 Å². The third-order valence-corrected chi connectivity index (χ3v) is 3.49. The van der Waals surface area contributed by atoms with Gasteiger partial charge in [0.1, 0.15) is 11.1 Å². The first kappa shape index (κ1) is 16.0. The van der Waals surface area contributed by atoms with Gasteiger partial charge in [-0.1, -0.05) is 0 Å². The molecule has 0 saturated carbocycles. The first-order chi connectivity index (χ1) is 11.3. The van der Waals surface area contributed by atoms with Crippen LogP contribution in [0.2, 0.25) is 0 Å². The number of aromatic nitrogens is 4. The smallest absolute Gasteiger partial charge is 0.419 e. The number of hydrogen-bond donors (Lipinski definition) is 0. The summed E-state index contributed by atoms with van der Waals surface area (Å²) in [6.07, 6.45) is 6.57. The molecule has 0 fully saturated rings. The van der Waals surface area contributed by atoms with Gasteiger partial charge in [-0.3, -0.25) is 4.68 Å². The number of fused-ring (bicyclic) bond motifs is 1. The number of rotatable bonds is 2. The van der Waals surface area contributed by atoms with E-state index in [-0.39, 0.29) is 0 Å². The van der Waals surface area contributed by atoms with Gasteiger partial charge in [-0.05, 0) is 26.8 Å². The first-order valence-corrected chi connectivity index (χ1v) is 7.56. The van der Waals surface area contributed by atoms with E-state index in [2.05, 4.69) is 10.1 Å². The van der Waals surface area contributed by atoms with Crippen LogP contribution in [0.15, 0.2) is 30.9 Å². The van der Waals surface area contributed by atoms with Crippen LogP contribution in [0.3, 0.4) is 0 Å². The van der Waals surface area contributed by atoms with Gasteiger partial charge in [0.25, 0.3) is 0 Å². The van der Waals surface area contributed by atoms with Gasteiger partial charge in [0.05, 0.1) is 13.3 Å². The van der Waals surface area contributed by atoms with E-state index in [0.29, 0.717) is 11.4 Å². The number of methoxy groups -OCH3 is 1. The average molecular weight is 328 g/mol. The molecular weight excluding hydrogens is 308 g/mol. The topological polar surface area (TPSA) is 71.2 Å². The lowest BCUT2D eigenvalue weighted by Gasteiger charge is -2.20. The van der Waals surface area contributed by atoms with Gasteiger partial charge in [-0.25, -0.2) is 14.3 Å². The summed E-state index contributed by atoms with van der Waals surface area (Å²) in [5.74, 6) is 0.369. The Labute approximate surface area is 139 Å². The van der Waals surface area contributed by atoms with Gasteiger partial charge >= 0.3 is 6.09 Å². The van der Waals surface area contributed by atoms with E-state index in [1.54, 1.807) is 23.3 Å². The molecule has 0 bridgehead atoms. The van der Waals surface area contributed by atoms with Crippen molar-refractivity contribution < 1.29 is 14.3 Å². The van der Waals surface area contributed by atoms with Crippen LogP contribution in [-0.4, -0.2) is 38.1 Å². The van der Waals surface area contributed by atoms with Crippen molar-refractivity contribution in [1.82, 2.24) is 19.3 Å². The van der Waals surface area contributed by atoms with Crippen LogP contribution in [0.25, 0.3) is 22.0 Å². The van der Waals surface area contributed by atoms with Crippen LogP contribution < -0.4 is 4.74 Å². The predicted octanol–water partition coefficient (Wildman–Crippen LogP) is 3.23. The molecule has 3 rings (SSSR count). The lowest BCUT2D eigenvalue weighted by Crippen LogP contribution is -2.26. The highest BCUT2D eigenvalue weighted by Crippen LogP contribution is 2.33. The molecule has 7 heteroatoms. The monoisotopic (exact) mass is 328 g/mol. The molecule has 3 aromatic heterocycles. The summed E-state index contributed by atoms with van der Waals surface area (Å²) in [5, 5.41) is 5.04. The highest BCUT2D eigenvalue weighted by atomic mass is 16.6. The van der Waals surface area contributed by atoms with Gasteiger partial charge in [-0.15, -0.1) is 0 Å². The number of carbonyl (C=O) groups is 1. The molecule has 0 N–H and O–H groups in total. The van der Waals surface area contributed by atoms with E-state index >= 15 is 0 Å². The van der Waals surface area contributed by atoms with Gasteiger partial charge in [0.2, 0.25) is 5.88 Å². The van der Waals surface area contributed by atoms with Crippen LogP contribution in [0.4, 0.5) is 4.79 Å². The molecule has 0 amide bonds. The maximum Gasteiger partial charge on any atom is 0.419 e. The normalized spacial score (nSPS) is 11.7. The van der Waals surface area contributed by atoms with Crippen LogP contribution in [0.1, 0.15) is 20.8 Å². The first-order valence-electron chi connectivity index (χ1n) is 7.56. The summed E-state index contributed by atoms with van der Waals surface area (Å²) < 4.78 is 13.9. The maximum absolute atomic E-state index is 12.5. The molecule has 3 heterocycles. The third kappa shape index (κ3) is 2.84. The van der Waals surface area contributed by atoms with Crippen LogP contribution in [0.5, 0.6) is 5.88 Å². The summed E-state index contributed by atoms with van der Waals surface area (Å²) in [6.45, 7) is 5.48. The largest absolute Gasteiger partial charge is 0.479 e. The van der Waals surface area contributed by atoms with E-state index in [0.717, 1.165) is 16.5 Å². The Balaban J connectivity index is 2.18. The fourth-order valence-electron chi connectivity index (χ4n) is 2.52. The summed E-state index contributed by atoms with van der Waals surface area (Å²) in [4.78, 5) is 16.8. The number of aryl methyl sites for hydroxylation is 1. The second kappa shape index (κ2) is 5.67. The Bertz CT molecular complexity index is 902. The summed E-state index contributed by atoms with van der Waals surface area (Å²) in [6, 6.07) is 1.85. The zero-order valence-electron chi connectivity index (χ0n) is 14.4. The maximum atomic E-state index is 12.5. The standard InChI is InChI=1S/C17H20N4O3/c1-17(2,3)24-16(22)21-7-6-12-13(11-8-19-20(4)10-11)9-18-15(23-5)14(12)21/h6-10H,1-5H3. The Morgan fingerprint density at radius 1 is 1.25 bits per heavy atom. The predicted molar refractivity (Wildman–Crippen MR) is 90.1 cm³/mol. The van der Waals surface area contributed by atoms with Crippen molar-refractivity contribution in [3.63, 3.8) is 0 Å². The second-order valence-corrected chi connectivity index (χ2v) is 6.51. The highest BCUT2D eigenvalue weighted by Gasteiger charge is 2.22. The molecule has 24 heavy (non-hydrogen) atoms. The number of ether oxygens (including phenoxy) is 2. The van der Waals surface area contributed by atoms with Crippen molar-refractivity contribution in [2.45, 2.75) is 26.4 Å². The van der Waals surface area contributed by atoms with Crippen LogP contribution >= 0.6 is 0 Å². The molecule has 3 aromatic rings. The molecule has 7 nitrogen and oxygen atoms in total. The summed E-state index contributed by atoms with van der Waals surface area (Å²) in [7, 11) is 3.38. The van der Waals surface area contributed by atoms with Crippen molar-refractivity contribution in [2.24, 2.45) is 7.05 Å². The highest BCUT2D eigenvalue weighted by molar-refractivity contribution is 6.01.